The highest BCUT2D eigenvalue weighted by Gasteiger charge is 2.42. The van der Waals surface area contributed by atoms with Crippen LogP contribution >= 0.6 is 11.3 Å². The van der Waals surface area contributed by atoms with Crippen LogP contribution in [0.25, 0.3) is 0 Å². The van der Waals surface area contributed by atoms with Gasteiger partial charge < -0.3 is 10.2 Å². The van der Waals surface area contributed by atoms with Crippen molar-refractivity contribution in [2.24, 2.45) is 17.8 Å². The normalized spacial score (nSPS) is 28.5. The second-order valence-electron chi connectivity index (χ2n) is 5.46. The molecule has 1 aliphatic carbocycles. The second kappa shape index (κ2) is 6.06. The van der Waals surface area contributed by atoms with E-state index in [0.717, 1.165) is 24.1 Å². The minimum absolute atomic E-state index is 0.134. The molecule has 0 saturated heterocycles. The molecule has 1 heterocycles. The van der Waals surface area contributed by atoms with Crippen molar-refractivity contribution in [2.45, 2.75) is 45.6 Å². The Labute approximate surface area is 118 Å². The molecule has 0 aromatic carbocycles. The fourth-order valence-corrected chi connectivity index (χ4v) is 4.11. The zero-order valence-electron chi connectivity index (χ0n) is 11.5. The zero-order chi connectivity index (χ0) is 14.0. The highest BCUT2D eigenvalue weighted by molar-refractivity contribution is 7.12. The highest BCUT2D eigenvalue weighted by atomic mass is 32.1. The van der Waals surface area contributed by atoms with E-state index in [9.17, 15) is 15.0 Å². The van der Waals surface area contributed by atoms with E-state index in [4.69, 9.17) is 0 Å². The number of carboxylic acid groups (broad SMARTS) is 1. The zero-order valence-corrected chi connectivity index (χ0v) is 12.3. The summed E-state index contributed by atoms with van der Waals surface area (Å²) in [5.41, 5.74) is 0. The molecule has 0 amide bonds. The van der Waals surface area contributed by atoms with Crippen molar-refractivity contribution < 1.29 is 15.0 Å². The Bertz CT molecular complexity index is 440. The largest absolute Gasteiger partial charge is 0.481 e. The average molecular weight is 282 g/mol. The van der Waals surface area contributed by atoms with Crippen molar-refractivity contribution in [2.75, 3.05) is 0 Å². The van der Waals surface area contributed by atoms with E-state index in [2.05, 4.69) is 13.8 Å². The monoisotopic (exact) mass is 282 g/mol. The summed E-state index contributed by atoms with van der Waals surface area (Å²) in [5, 5.41) is 19.8. The van der Waals surface area contributed by atoms with Gasteiger partial charge in [0.1, 0.15) is 0 Å². The number of aryl methyl sites for hydroxylation is 1. The molecular formula is C15H22O3S. The second-order valence-corrected chi connectivity index (χ2v) is 6.66. The molecule has 19 heavy (non-hydrogen) atoms. The molecule has 3 nitrogen and oxygen atoms in total. The van der Waals surface area contributed by atoms with E-state index in [1.165, 1.54) is 4.88 Å². The summed E-state index contributed by atoms with van der Waals surface area (Å²) in [4.78, 5) is 13.5. The number of thiophene rings is 1. The van der Waals surface area contributed by atoms with Gasteiger partial charge in [-0.1, -0.05) is 20.3 Å². The van der Waals surface area contributed by atoms with Crippen LogP contribution in [0.1, 0.15) is 49.0 Å². The average Bonchev–Trinajstić information content (AvgIpc) is 3.04. The van der Waals surface area contributed by atoms with E-state index in [1.807, 2.05) is 12.1 Å². The Morgan fingerprint density at radius 1 is 1.42 bits per heavy atom. The summed E-state index contributed by atoms with van der Waals surface area (Å²) in [6.07, 6.45) is 2.87. The van der Waals surface area contributed by atoms with E-state index in [-0.39, 0.29) is 5.92 Å². The molecule has 2 rings (SSSR count). The molecule has 106 valence electrons. The molecule has 1 aliphatic rings. The first-order valence-corrected chi connectivity index (χ1v) is 7.87. The van der Waals surface area contributed by atoms with E-state index in [0.29, 0.717) is 12.3 Å². The van der Waals surface area contributed by atoms with Crippen LogP contribution in [0.2, 0.25) is 0 Å². The SMILES string of the molecule is CCc1ccc(C(O)C2CC(CC)CC2C(=O)O)s1. The third-order valence-corrected chi connectivity index (χ3v) is 5.63. The predicted octanol–water partition coefficient (Wildman–Crippen LogP) is 3.48. The molecule has 1 fully saturated rings. The summed E-state index contributed by atoms with van der Waals surface area (Å²) < 4.78 is 0. The number of hydrogen-bond donors (Lipinski definition) is 2. The molecular weight excluding hydrogens is 260 g/mol. The van der Waals surface area contributed by atoms with Gasteiger partial charge in [-0.15, -0.1) is 11.3 Å². The molecule has 1 saturated carbocycles. The number of aliphatic hydroxyl groups is 1. The quantitative estimate of drug-likeness (QED) is 0.869. The molecule has 2 N–H and O–H groups in total. The summed E-state index contributed by atoms with van der Waals surface area (Å²) in [7, 11) is 0. The Hall–Kier alpha value is -0.870. The molecule has 0 aliphatic heterocycles. The lowest BCUT2D eigenvalue weighted by atomic mass is 9.90. The maximum Gasteiger partial charge on any atom is 0.306 e. The topological polar surface area (TPSA) is 57.5 Å². The minimum Gasteiger partial charge on any atom is -0.481 e. The van der Waals surface area contributed by atoms with Crippen molar-refractivity contribution in [3.63, 3.8) is 0 Å². The minimum atomic E-state index is -0.757. The first-order valence-electron chi connectivity index (χ1n) is 7.06. The first kappa shape index (κ1) is 14.5. The summed E-state index contributed by atoms with van der Waals surface area (Å²) in [5.74, 6) is -0.850. The molecule has 4 unspecified atom stereocenters. The van der Waals surface area contributed by atoms with Gasteiger partial charge in [0.05, 0.1) is 12.0 Å². The maximum absolute atomic E-state index is 11.4. The van der Waals surface area contributed by atoms with Crippen molar-refractivity contribution in [1.82, 2.24) is 0 Å². The first-order chi connectivity index (χ1) is 9.06. The molecule has 4 heteroatoms. The fraction of sp³-hybridized carbons (Fsp3) is 0.667. The van der Waals surface area contributed by atoms with Crippen LogP contribution in [-0.2, 0) is 11.2 Å². The van der Waals surface area contributed by atoms with Crippen LogP contribution in [0.3, 0.4) is 0 Å². The highest BCUT2D eigenvalue weighted by Crippen LogP contribution is 2.45. The summed E-state index contributed by atoms with van der Waals surface area (Å²) >= 11 is 1.61. The lowest BCUT2D eigenvalue weighted by Crippen LogP contribution is -2.23. The summed E-state index contributed by atoms with van der Waals surface area (Å²) in [6, 6.07) is 3.98. The molecule has 1 aromatic rings. The number of hydrogen-bond acceptors (Lipinski definition) is 3. The van der Waals surface area contributed by atoms with Gasteiger partial charge in [-0.25, -0.2) is 0 Å². The number of carboxylic acids is 1. The molecule has 0 spiro atoms. The van der Waals surface area contributed by atoms with E-state index in [1.54, 1.807) is 11.3 Å². The van der Waals surface area contributed by atoms with Crippen molar-refractivity contribution in [3.05, 3.63) is 21.9 Å². The van der Waals surface area contributed by atoms with Crippen LogP contribution in [0.15, 0.2) is 12.1 Å². The Kier molecular flexibility index (Phi) is 4.63. The van der Waals surface area contributed by atoms with Crippen LogP contribution in [-0.4, -0.2) is 16.2 Å². The van der Waals surface area contributed by atoms with Gasteiger partial charge in [0, 0.05) is 15.7 Å². The number of aliphatic carboxylic acids is 1. The van der Waals surface area contributed by atoms with Gasteiger partial charge in [0.15, 0.2) is 0 Å². The Morgan fingerprint density at radius 3 is 2.68 bits per heavy atom. The standard InChI is InChI=1S/C15H22O3S/c1-3-9-7-11(12(8-9)15(17)18)14(16)13-6-5-10(4-2)19-13/h5-6,9,11-12,14,16H,3-4,7-8H2,1-2H3,(H,17,18). The molecule has 0 radical (unpaired) electrons. The molecule has 4 atom stereocenters. The molecule has 0 bridgehead atoms. The van der Waals surface area contributed by atoms with Crippen LogP contribution in [0.4, 0.5) is 0 Å². The van der Waals surface area contributed by atoms with Gasteiger partial charge in [-0.2, -0.15) is 0 Å². The Balaban J connectivity index is 2.16. The summed E-state index contributed by atoms with van der Waals surface area (Å²) in [6.45, 7) is 4.18. The van der Waals surface area contributed by atoms with Crippen LogP contribution in [0, 0.1) is 17.8 Å². The predicted molar refractivity (Wildman–Crippen MR) is 76.3 cm³/mol. The lowest BCUT2D eigenvalue weighted by Gasteiger charge is -2.21. The number of carbonyl (C=O) groups is 1. The van der Waals surface area contributed by atoms with Crippen molar-refractivity contribution >= 4 is 17.3 Å². The molecule has 1 aromatic heterocycles. The van der Waals surface area contributed by atoms with Crippen LogP contribution in [0.5, 0.6) is 0 Å². The lowest BCUT2D eigenvalue weighted by molar-refractivity contribution is -0.144. The van der Waals surface area contributed by atoms with Gasteiger partial charge >= 0.3 is 5.97 Å². The Morgan fingerprint density at radius 2 is 2.16 bits per heavy atom. The third-order valence-electron chi connectivity index (χ3n) is 4.33. The van der Waals surface area contributed by atoms with Gasteiger partial charge in [-0.3, -0.25) is 4.79 Å². The van der Waals surface area contributed by atoms with Gasteiger partial charge in [0.25, 0.3) is 0 Å². The number of aliphatic hydroxyl groups excluding tert-OH is 1. The fourth-order valence-electron chi connectivity index (χ4n) is 3.10. The van der Waals surface area contributed by atoms with E-state index < -0.39 is 18.0 Å². The number of rotatable bonds is 5. The van der Waals surface area contributed by atoms with E-state index >= 15 is 0 Å². The van der Waals surface area contributed by atoms with Gasteiger partial charge in [-0.05, 0) is 37.3 Å². The third kappa shape index (κ3) is 3.00. The van der Waals surface area contributed by atoms with Crippen molar-refractivity contribution in [3.8, 4) is 0 Å². The van der Waals surface area contributed by atoms with Crippen molar-refractivity contribution in [1.29, 1.82) is 0 Å². The van der Waals surface area contributed by atoms with Crippen LogP contribution < -0.4 is 0 Å². The van der Waals surface area contributed by atoms with Gasteiger partial charge in [0.2, 0.25) is 0 Å². The smallest absolute Gasteiger partial charge is 0.306 e. The maximum atomic E-state index is 11.4.